The third-order valence-corrected chi connectivity index (χ3v) is 4.80. The monoisotopic (exact) mass is 265 g/mol. The fourth-order valence-electron chi connectivity index (χ4n) is 3.04. The lowest BCUT2D eigenvalue weighted by Crippen LogP contribution is -2.11. The van der Waals surface area contributed by atoms with Gasteiger partial charge in [0.1, 0.15) is 11.6 Å². The highest BCUT2D eigenvalue weighted by Crippen LogP contribution is 2.72. The van der Waals surface area contributed by atoms with Gasteiger partial charge in [0.2, 0.25) is 0 Å². The summed E-state index contributed by atoms with van der Waals surface area (Å²) in [6.45, 7) is 12.8. The molecule has 0 amide bonds. The number of imidazole rings is 1. The van der Waals surface area contributed by atoms with Crippen LogP contribution in [0.5, 0.6) is 0 Å². The summed E-state index contributed by atoms with van der Waals surface area (Å²) in [6.07, 6.45) is 0. The minimum Gasteiger partial charge on any atom is -0.461 e. The summed E-state index contributed by atoms with van der Waals surface area (Å²) >= 11 is 0. The Kier molecular flexibility index (Phi) is 2.92. The van der Waals surface area contributed by atoms with Crippen molar-refractivity contribution in [1.29, 1.82) is 0 Å². The van der Waals surface area contributed by atoms with Crippen LogP contribution in [0.25, 0.3) is 0 Å². The van der Waals surface area contributed by atoms with Crippen LogP contribution in [0, 0.1) is 17.8 Å². The molecule has 5 nitrogen and oxygen atoms in total. The Morgan fingerprint density at radius 3 is 2.32 bits per heavy atom. The first-order chi connectivity index (χ1) is 8.66. The maximum absolute atomic E-state index is 11.8. The zero-order valence-corrected chi connectivity index (χ0v) is 12.6. The van der Waals surface area contributed by atoms with Crippen molar-refractivity contribution in [3.8, 4) is 0 Å². The molecule has 0 saturated heterocycles. The molecule has 1 aliphatic rings. The molecule has 106 valence electrons. The SMILES string of the molecule is CCOC(=O)c1nc(C)n(C2C(C)(C)C2(C)C)c1N. The van der Waals surface area contributed by atoms with Gasteiger partial charge < -0.3 is 15.0 Å². The van der Waals surface area contributed by atoms with Crippen molar-refractivity contribution in [2.75, 3.05) is 12.3 Å². The summed E-state index contributed by atoms with van der Waals surface area (Å²) in [5, 5.41) is 0. The van der Waals surface area contributed by atoms with Gasteiger partial charge in [0.25, 0.3) is 0 Å². The van der Waals surface area contributed by atoms with Gasteiger partial charge in [0.05, 0.1) is 6.61 Å². The van der Waals surface area contributed by atoms with Crippen LogP contribution in [0.4, 0.5) is 5.82 Å². The predicted molar refractivity (Wildman–Crippen MR) is 73.9 cm³/mol. The van der Waals surface area contributed by atoms with E-state index in [1.54, 1.807) is 6.92 Å². The van der Waals surface area contributed by atoms with Crippen LogP contribution in [-0.4, -0.2) is 22.1 Å². The Morgan fingerprint density at radius 1 is 1.37 bits per heavy atom. The van der Waals surface area contributed by atoms with Crippen LogP contribution in [0.3, 0.4) is 0 Å². The smallest absolute Gasteiger partial charge is 0.360 e. The van der Waals surface area contributed by atoms with E-state index in [0.29, 0.717) is 12.4 Å². The molecule has 2 rings (SSSR count). The number of hydrogen-bond acceptors (Lipinski definition) is 4. The van der Waals surface area contributed by atoms with E-state index in [9.17, 15) is 4.79 Å². The Morgan fingerprint density at radius 2 is 1.89 bits per heavy atom. The van der Waals surface area contributed by atoms with Crippen LogP contribution in [-0.2, 0) is 4.74 Å². The van der Waals surface area contributed by atoms with Crippen molar-refractivity contribution >= 4 is 11.8 Å². The quantitative estimate of drug-likeness (QED) is 0.853. The molecular weight excluding hydrogens is 242 g/mol. The van der Waals surface area contributed by atoms with Crippen molar-refractivity contribution in [1.82, 2.24) is 9.55 Å². The van der Waals surface area contributed by atoms with E-state index in [1.165, 1.54) is 0 Å². The highest BCUT2D eigenvalue weighted by molar-refractivity contribution is 5.92. The fourth-order valence-corrected chi connectivity index (χ4v) is 3.04. The molecule has 5 heteroatoms. The molecule has 1 heterocycles. The van der Waals surface area contributed by atoms with Crippen LogP contribution in [0.1, 0.15) is 57.0 Å². The van der Waals surface area contributed by atoms with Gasteiger partial charge >= 0.3 is 5.97 Å². The fraction of sp³-hybridized carbons (Fsp3) is 0.714. The zero-order chi connectivity index (χ0) is 14.6. The molecule has 1 aliphatic carbocycles. The van der Waals surface area contributed by atoms with E-state index in [4.69, 9.17) is 10.5 Å². The van der Waals surface area contributed by atoms with Gasteiger partial charge in [-0.3, -0.25) is 0 Å². The van der Waals surface area contributed by atoms with E-state index < -0.39 is 5.97 Å². The molecule has 1 aromatic heterocycles. The molecule has 0 aromatic carbocycles. The number of esters is 1. The Balaban J connectivity index is 2.43. The summed E-state index contributed by atoms with van der Waals surface area (Å²) in [4.78, 5) is 16.1. The van der Waals surface area contributed by atoms with Crippen molar-refractivity contribution in [3.63, 3.8) is 0 Å². The van der Waals surface area contributed by atoms with Crippen molar-refractivity contribution in [3.05, 3.63) is 11.5 Å². The number of nitrogens with zero attached hydrogens (tertiary/aromatic N) is 2. The van der Waals surface area contributed by atoms with Crippen LogP contribution >= 0.6 is 0 Å². The summed E-state index contributed by atoms with van der Waals surface area (Å²) in [6, 6.07) is 0.260. The molecule has 1 aromatic rings. The number of carbonyl (C=O) groups excluding carboxylic acids is 1. The average Bonchev–Trinajstić information content (AvgIpc) is 2.55. The molecule has 19 heavy (non-hydrogen) atoms. The number of anilines is 1. The summed E-state index contributed by atoms with van der Waals surface area (Å²) in [7, 11) is 0. The number of hydrogen-bond donors (Lipinski definition) is 1. The lowest BCUT2D eigenvalue weighted by molar-refractivity contribution is 0.0521. The Labute approximate surface area is 114 Å². The minimum absolute atomic E-state index is 0.137. The lowest BCUT2D eigenvalue weighted by Gasteiger charge is -2.10. The summed E-state index contributed by atoms with van der Waals surface area (Å²) in [5.41, 5.74) is 6.63. The van der Waals surface area contributed by atoms with Gasteiger partial charge in [0, 0.05) is 6.04 Å². The molecule has 1 fully saturated rings. The molecule has 0 spiro atoms. The maximum atomic E-state index is 11.8. The first-order valence-electron chi connectivity index (χ1n) is 6.67. The van der Waals surface area contributed by atoms with Crippen LogP contribution < -0.4 is 5.73 Å². The normalized spacial score (nSPS) is 20.3. The van der Waals surface area contributed by atoms with E-state index in [0.717, 1.165) is 5.82 Å². The van der Waals surface area contributed by atoms with Gasteiger partial charge in [-0.2, -0.15) is 0 Å². The summed E-state index contributed by atoms with van der Waals surface area (Å²) in [5.74, 6) is 0.738. The molecule has 0 atom stereocenters. The molecular formula is C14H23N3O2. The molecule has 0 radical (unpaired) electrons. The number of rotatable bonds is 3. The van der Waals surface area contributed by atoms with Crippen molar-refractivity contribution in [2.24, 2.45) is 10.8 Å². The number of aryl methyl sites for hydroxylation is 1. The minimum atomic E-state index is -0.446. The van der Waals surface area contributed by atoms with E-state index in [-0.39, 0.29) is 22.6 Å². The molecule has 2 N–H and O–H groups in total. The van der Waals surface area contributed by atoms with Crippen LogP contribution in [0.2, 0.25) is 0 Å². The Bertz CT molecular complexity index is 515. The molecule has 0 aliphatic heterocycles. The predicted octanol–water partition coefficient (Wildman–Crippen LogP) is 2.56. The average molecular weight is 265 g/mol. The summed E-state index contributed by atoms with van der Waals surface area (Å²) < 4.78 is 6.96. The standard InChI is InChI=1S/C14H23N3O2/c1-7-19-11(18)9-10(15)17(8(2)16-9)12-13(3,4)14(12,5)6/h12H,7,15H2,1-6H3. The van der Waals surface area contributed by atoms with Crippen molar-refractivity contribution < 1.29 is 9.53 Å². The number of nitrogens with two attached hydrogens (primary N) is 1. The largest absolute Gasteiger partial charge is 0.461 e. The van der Waals surface area contributed by atoms with Gasteiger partial charge in [-0.15, -0.1) is 0 Å². The number of aromatic nitrogens is 2. The van der Waals surface area contributed by atoms with Gasteiger partial charge in [-0.05, 0) is 24.7 Å². The highest BCUT2D eigenvalue weighted by Gasteiger charge is 2.66. The van der Waals surface area contributed by atoms with Crippen molar-refractivity contribution in [2.45, 2.75) is 47.6 Å². The second kappa shape index (κ2) is 3.99. The second-order valence-electron chi connectivity index (χ2n) is 6.33. The van der Waals surface area contributed by atoms with E-state index in [1.807, 2.05) is 11.5 Å². The number of ether oxygens (including phenoxy) is 1. The van der Waals surface area contributed by atoms with E-state index in [2.05, 4.69) is 32.7 Å². The maximum Gasteiger partial charge on any atom is 0.360 e. The first-order valence-corrected chi connectivity index (χ1v) is 6.67. The third kappa shape index (κ3) is 1.75. The first kappa shape index (κ1) is 13.9. The van der Waals surface area contributed by atoms with Gasteiger partial charge in [-0.1, -0.05) is 27.7 Å². The van der Waals surface area contributed by atoms with E-state index >= 15 is 0 Å². The molecule has 1 saturated carbocycles. The lowest BCUT2D eigenvalue weighted by atomic mass is 10.0. The van der Waals surface area contributed by atoms with Crippen LogP contribution in [0.15, 0.2) is 0 Å². The second-order valence-corrected chi connectivity index (χ2v) is 6.33. The van der Waals surface area contributed by atoms with Gasteiger partial charge in [0.15, 0.2) is 5.69 Å². The topological polar surface area (TPSA) is 70.1 Å². The number of carbonyl (C=O) groups is 1. The highest BCUT2D eigenvalue weighted by atomic mass is 16.5. The number of nitrogen functional groups attached to an aromatic ring is 1. The van der Waals surface area contributed by atoms with Gasteiger partial charge in [-0.25, -0.2) is 9.78 Å². The zero-order valence-electron chi connectivity index (χ0n) is 12.6. The Hall–Kier alpha value is -1.52. The molecule has 0 unspecified atom stereocenters. The third-order valence-electron chi connectivity index (χ3n) is 4.80. The molecule has 0 bridgehead atoms.